The molecule has 0 N–H and O–H groups in total. The molecule has 6 aromatic heterocycles. The minimum absolute atomic E-state index is 1.26. The molecular formula is C111H114N6+6. The third-order valence-corrected chi connectivity index (χ3v) is 23.8. The number of hydrogen-bond acceptors (Lipinski definition) is 0. The van der Waals surface area contributed by atoms with E-state index < -0.39 is 0 Å². The summed E-state index contributed by atoms with van der Waals surface area (Å²) in [6.45, 7) is 32.7. The molecule has 0 unspecified atom stereocenters. The lowest BCUT2D eigenvalue weighted by molar-refractivity contribution is -0.633. The molecule has 18 aromatic rings. The monoisotopic (exact) mass is 1530 g/mol. The molecule has 0 spiro atoms. The van der Waals surface area contributed by atoms with Gasteiger partial charge in [-0.1, -0.05) is 168 Å². The van der Waals surface area contributed by atoms with E-state index in [0.29, 0.717) is 0 Å². The fourth-order valence-electron chi connectivity index (χ4n) is 16.8. The molecule has 0 amide bonds. The van der Waals surface area contributed by atoms with E-state index in [1.54, 1.807) is 0 Å². The number of fused-ring (bicyclic) bond motifs is 6. The normalized spacial score (nSPS) is 10.9. The van der Waals surface area contributed by atoms with E-state index in [1.807, 2.05) is 0 Å². The fraction of sp³-hybridized carbons (Fsp3) is 0.189. The van der Waals surface area contributed by atoms with E-state index in [2.05, 4.69) is 483 Å². The van der Waals surface area contributed by atoms with Gasteiger partial charge in [-0.15, -0.1) is 0 Å². The Bertz CT molecular complexity index is 6780. The summed E-state index contributed by atoms with van der Waals surface area (Å²) in [5.41, 5.74) is 43.1. The highest BCUT2D eigenvalue weighted by Gasteiger charge is 2.24. The molecule has 6 nitrogen and oxygen atoms in total. The molecular weight excluding hydrogens is 1420 g/mol. The number of nitrogens with zero attached hydrogens (tertiary/aromatic N) is 6. The van der Waals surface area contributed by atoms with Gasteiger partial charge in [0.25, 0.3) is 0 Å². The van der Waals surface area contributed by atoms with Crippen molar-refractivity contribution in [3.63, 3.8) is 0 Å². The second-order valence-corrected chi connectivity index (χ2v) is 32.2. The average molecular weight is 1530 g/mol. The van der Waals surface area contributed by atoms with Crippen LogP contribution < -0.4 is 27.4 Å². The first-order valence-corrected chi connectivity index (χ1v) is 41.0. The Morgan fingerprint density at radius 1 is 0.154 bits per heavy atom. The highest BCUT2D eigenvalue weighted by atomic mass is 15.0. The zero-order valence-electron chi connectivity index (χ0n) is 72.6. The third-order valence-electron chi connectivity index (χ3n) is 23.8. The molecule has 0 saturated heterocycles. The summed E-state index contributed by atoms with van der Waals surface area (Å²) in [6.07, 6.45) is 0. The van der Waals surface area contributed by atoms with Crippen LogP contribution in [0.5, 0.6) is 0 Å². The second-order valence-electron chi connectivity index (χ2n) is 32.2. The van der Waals surface area contributed by atoms with Gasteiger partial charge in [0, 0.05) is 138 Å². The maximum Gasteiger partial charge on any atom is 0.213 e. The van der Waals surface area contributed by atoms with Crippen molar-refractivity contribution in [1.82, 2.24) is 0 Å². The van der Waals surface area contributed by atoms with Crippen LogP contribution in [0.4, 0.5) is 0 Å². The van der Waals surface area contributed by atoms with E-state index in [1.165, 1.54) is 216 Å². The van der Waals surface area contributed by atoms with Crippen LogP contribution in [0.2, 0.25) is 0 Å². The SMILES string of the molecule is Cc1cc(C)c(C)c(-c2cc(C)c3ccccc3[n+]2C)c1.Cc1cc(C)c(C)c(-c2ccc3ccccc3[n+]2C)c1.Cc1ccc(C)c(-c2cc(C)c3ccccc3[n+]2C)c1.Cc1ccc(C)c(-c2ccc3ccccc3[n+]2C)c1.Cc1ccccc1-c1cc(C)c2ccccc2[n+]1C.Cc1ccccc1-c1ccc2ccccc2[n+]1C. The van der Waals surface area contributed by atoms with Crippen molar-refractivity contribution in [3.8, 4) is 67.5 Å². The lowest BCUT2D eigenvalue weighted by Crippen LogP contribution is -2.32. The largest absolute Gasteiger partial charge is 0.213 e. The molecule has 18 rings (SSSR count). The van der Waals surface area contributed by atoms with Crippen LogP contribution in [-0.4, -0.2) is 0 Å². The molecule has 0 fully saturated rings. The number of aryl methyl sites for hydroxylation is 19. The van der Waals surface area contributed by atoms with E-state index >= 15 is 0 Å². The summed E-state index contributed by atoms with van der Waals surface area (Å²) in [6, 6.07) is 111. The molecule has 6 heteroatoms. The van der Waals surface area contributed by atoms with Crippen molar-refractivity contribution >= 4 is 65.4 Å². The molecule has 0 radical (unpaired) electrons. The minimum Gasteiger partial charge on any atom is -0.194 e. The molecule has 6 heterocycles. The Labute approximate surface area is 694 Å². The van der Waals surface area contributed by atoms with Crippen molar-refractivity contribution in [2.45, 2.75) is 104 Å². The molecule has 582 valence electrons. The van der Waals surface area contributed by atoms with Gasteiger partial charge < -0.3 is 0 Å². The average Bonchev–Trinajstić information content (AvgIpc) is 0.826. The van der Waals surface area contributed by atoms with Crippen LogP contribution >= 0.6 is 0 Å². The van der Waals surface area contributed by atoms with Gasteiger partial charge in [-0.25, -0.2) is 0 Å². The molecule has 117 heavy (non-hydrogen) atoms. The maximum atomic E-state index is 2.31. The topological polar surface area (TPSA) is 23.3 Å². The van der Waals surface area contributed by atoms with E-state index in [9.17, 15) is 0 Å². The van der Waals surface area contributed by atoms with Gasteiger partial charge in [-0.2, -0.15) is 27.4 Å². The number of rotatable bonds is 6. The van der Waals surface area contributed by atoms with Crippen molar-refractivity contribution in [1.29, 1.82) is 0 Å². The first kappa shape index (κ1) is 82.1. The highest BCUT2D eigenvalue weighted by Crippen LogP contribution is 2.33. The number of hydrogen-bond donors (Lipinski definition) is 0. The van der Waals surface area contributed by atoms with Gasteiger partial charge in [0.1, 0.15) is 42.3 Å². The standard InChI is InChI=1S/C20H22N.2C19H20N.2C18H18N.C17H16N/c1-13-10-14(2)16(4)18(11-13)20-12-15(3)17-8-6-7-9-19(17)21(20)5;1-13-11-14(2)15(3)17(12-13)19-10-9-16-7-5-6-8-18(16)20(19)4;1-13-9-10-14(2)17(11-13)19-12-15(3)16-7-5-6-8-18(16)20(19)4;1-13-8-4-5-9-15(13)18-12-14(2)16-10-6-7-11-17(16)19(18)3;1-13-8-9-14(2)16(12-13)18-11-10-15-6-4-5-7-17(15)19(18)3;1-13-7-3-5-9-15(13)17-12-11-14-8-4-6-10-16(14)18(17)2/h6-12H,1-5H3;2*5-12H,1-4H3;2*4-12H,1-3H3;3-12H,1-2H3/q6*+1. The first-order chi connectivity index (χ1) is 56.3. The molecule has 0 atom stereocenters. The first-order valence-electron chi connectivity index (χ1n) is 41.0. The van der Waals surface area contributed by atoms with Gasteiger partial charge in [0.15, 0.2) is 0 Å². The Balaban J connectivity index is 0.000000122. The van der Waals surface area contributed by atoms with Gasteiger partial charge in [0.05, 0.1) is 0 Å². The number of pyridine rings is 6. The smallest absolute Gasteiger partial charge is 0.194 e. The zero-order chi connectivity index (χ0) is 83.0. The summed E-state index contributed by atoms with van der Waals surface area (Å²) in [7, 11) is 12.9. The lowest BCUT2D eigenvalue weighted by atomic mass is 9.96. The lowest BCUT2D eigenvalue weighted by Gasteiger charge is -2.11. The molecule has 0 aliphatic heterocycles. The summed E-state index contributed by atoms with van der Waals surface area (Å²) in [4.78, 5) is 0. The third kappa shape index (κ3) is 17.7. The number of aromatic nitrogens is 6. The van der Waals surface area contributed by atoms with Crippen LogP contribution in [-0.2, 0) is 42.3 Å². The highest BCUT2D eigenvalue weighted by molar-refractivity contribution is 5.86. The van der Waals surface area contributed by atoms with Gasteiger partial charge in [0.2, 0.25) is 67.3 Å². The van der Waals surface area contributed by atoms with Crippen molar-refractivity contribution in [2.24, 2.45) is 42.3 Å². The molecule has 0 aliphatic carbocycles. The Hall–Kier alpha value is -12.9. The van der Waals surface area contributed by atoms with Crippen LogP contribution in [0.15, 0.2) is 309 Å². The Kier molecular flexibility index (Phi) is 25.2. The van der Waals surface area contributed by atoms with Crippen LogP contribution in [0.3, 0.4) is 0 Å². The zero-order valence-corrected chi connectivity index (χ0v) is 72.6. The molecule has 0 aliphatic rings. The van der Waals surface area contributed by atoms with E-state index in [4.69, 9.17) is 0 Å². The number of benzene rings is 12. The fourth-order valence-corrected chi connectivity index (χ4v) is 16.8. The van der Waals surface area contributed by atoms with Gasteiger partial charge >= 0.3 is 0 Å². The van der Waals surface area contributed by atoms with Crippen LogP contribution in [0.1, 0.15) is 83.5 Å². The summed E-state index contributed by atoms with van der Waals surface area (Å²) in [5, 5.41) is 7.80. The quantitative estimate of drug-likeness (QED) is 0.148. The molecule has 12 aromatic carbocycles. The van der Waals surface area contributed by atoms with Crippen LogP contribution in [0, 0.1) is 104 Å². The van der Waals surface area contributed by atoms with Gasteiger partial charge in [-0.05, 0) is 256 Å². The van der Waals surface area contributed by atoms with E-state index in [-0.39, 0.29) is 0 Å². The Morgan fingerprint density at radius 3 is 0.769 bits per heavy atom. The van der Waals surface area contributed by atoms with E-state index in [0.717, 1.165) is 0 Å². The predicted molar refractivity (Wildman–Crippen MR) is 494 cm³/mol. The van der Waals surface area contributed by atoms with Crippen molar-refractivity contribution in [2.75, 3.05) is 0 Å². The maximum absolute atomic E-state index is 2.31. The summed E-state index contributed by atoms with van der Waals surface area (Å²) < 4.78 is 13.7. The van der Waals surface area contributed by atoms with Crippen LogP contribution in [0.25, 0.3) is 133 Å². The van der Waals surface area contributed by atoms with Crippen molar-refractivity contribution in [3.05, 3.63) is 393 Å². The predicted octanol–water partition coefficient (Wildman–Crippen LogP) is 24.6. The second kappa shape index (κ2) is 35.9. The molecule has 0 saturated carbocycles. The minimum atomic E-state index is 1.26. The Morgan fingerprint density at radius 2 is 0.402 bits per heavy atom. The summed E-state index contributed by atoms with van der Waals surface area (Å²) >= 11 is 0. The van der Waals surface area contributed by atoms with Crippen molar-refractivity contribution < 1.29 is 27.4 Å². The summed E-state index contributed by atoms with van der Waals surface area (Å²) in [5.74, 6) is 0. The number of para-hydroxylation sites is 6. The van der Waals surface area contributed by atoms with Gasteiger partial charge in [-0.3, -0.25) is 0 Å². The molecule has 0 bridgehead atoms.